The topological polar surface area (TPSA) is 66.8 Å². The Morgan fingerprint density at radius 1 is 1.75 bits per heavy atom. The van der Waals surface area contributed by atoms with Gasteiger partial charge in [-0.25, -0.2) is 4.79 Å². The molecule has 0 bridgehead atoms. The van der Waals surface area contributed by atoms with E-state index in [9.17, 15) is 4.79 Å². The molecule has 0 saturated carbocycles. The monoisotopic (exact) mass is 116 g/mol. The number of hydrogen-bond acceptors (Lipinski definition) is 4. The summed E-state index contributed by atoms with van der Waals surface area (Å²) in [6.45, 7) is -2.11. The summed E-state index contributed by atoms with van der Waals surface area (Å²) in [6, 6.07) is 0. The molecular weight excluding hydrogens is 112 g/mol. The maximum Gasteiger partial charge on any atom is 0.388 e. The number of ether oxygens (including phenoxy) is 1. The van der Waals surface area contributed by atoms with E-state index in [-0.39, 0.29) is 0 Å². The third-order valence-electron chi connectivity index (χ3n) is 0.330. The van der Waals surface area contributed by atoms with Gasteiger partial charge in [0.15, 0.2) is 0 Å². The first kappa shape index (κ1) is 6.95. The molecule has 0 aliphatic heterocycles. The van der Waals surface area contributed by atoms with Gasteiger partial charge in [0, 0.05) is 5.92 Å². The lowest BCUT2D eigenvalue weighted by atomic mass is 10.7. The van der Waals surface area contributed by atoms with Gasteiger partial charge in [0.25, 0.3) is 0 Å². The molecule has 0 aromatic heterocycles. The highest BCUT2D eigenvalue weighted by Gasteiger charge is 2.00. The molecule has 8 heavy (non-hydrogen) atoms. The van der Waals surface area contributed by atoms with Crippen LogP contribution in [0.1, 0.15) is 0 Å². The second-order valence-corrected chi connectivity index (χ2v) is 0.876. The normalized spacial score (nSPS) is 8.25. The molecule has 0 saturated heterocycles. The second-order valence-electron chi connectivity index (χ2n) is 0.876. The van der Waals surface area contributed by atoms with Gasteiger partial charge in [-0.2, -0.15) is 0 Å². The van der Waals surface area contributed by atoms with Crippen LogP contribution in [0, 0.1) is 12.3 Å². The summed E-state index contributed by atoms with van der Waals surface area (Å²) >= 11 is 0. The van der Waals surface area contributed by atoms with Crippen molar-refractivity contribution in [2.75, 3.05) is 0 Å². The first-order valence-electron chi connectivity index (χ1n) is 1.70. The van der Waals surface area contributed by atoms with Gasteiger partial charge in [-0.1, -0.05) is 0 Å². The number of rotatable bonds is 1. The molecule has 0 fully saturated rings. The fraction of sp³-hybridized carbons (Fsp3) is 0.250. The van der Waals surface area contributed by atoms with Gasteiger partial charge in [-0.15, -0.1) is 6.42 Å². The molecule has 0 aliphatic rings. The molecule has 0 atom stereocenters. The van der Waals surface area contributed by atoms with Gasteiger partial charge >= 0.3 is 12.4 Å². The lowest BCUT2D eigenvalue weighted by Gasteiger charge is -1.98. The molecule has 0 aromatic carbocycles. The van der Waals surface area contributed by atoms with Crippen molar-refractivity contribution < 1.29 is 19.7 Å². The van der Waals surface area contributed by atoms with Crippen LogP contribution < -0.4 is 0 Å². The Morgan fingerprint density at radius 3 is 2.38 bits per heavy atom. The van der Waals surface area contributed by atoms with Gasteiger partial charge < -0.3 is 14.9 Å². The summed E-state index contributed by atoms with van der Waals surface area (Å²) in [5.74, 6) is 0.418. The van der Waals surface area contributed by atoms with Crippen LogP contribution >= 0.6 is 0 Å². The van der Waals surface area contributed by atoms with Crippen LogP contribution in [0.5, 0.6) is 0 Å². The number of aliphatic hydroxyl groups excluding tert-OH is 1. The average Bonchev–Trinajstić information content (AvgIpc) is 1.65. The Labute approximate surface area is 45.7 Å². The summed E-state index contributed by atoms with van der Waals surface area (Å²) in [4.78, 5) is 9.84. The van der Waals surface area contributed by atoms with E-state index in [1.807, 2.05) is 0 Å². The number of terminal acetylenes is 1. The molecule has 2 N–H and O–H groups in total. The Hall–Kier alpha value is -1.05. The second kappa shape index (κ2) is 3.02. The Balaban J connectivity index is 3.44. The lowest BCUT2D eigenvalue weighted by molar-refractivity contribution is -0.224. The third kappa shape index (κ3) is 3.15. The van der Waals surface area contributed by atoms with Crippen molar-refractivity contribution in [1.82, 2.24) is 0 Å². The highest BCUT2D eigenvalue weighted by molar-refractivity contribution is 5.87. The van der Waals surface area contributed by atoms with Crippen molar-refractivity contribution in [2.24, 2.45) is 0 Å². The van der Waals surface area contributed by atoms with E-state index in [0.717, 1.165) is 0 Å². The molecule has 44 valence electrons. The third-order valence-corrected chi connectivity index (χ3v) is 0.330. The minimum atomic E-state index is -2.11. The molecule has 0 aliphatic carbocycles. The van der Waals surface area contributed by atoms with Crippen molar-refractivity contribution in [3.8, 4) is 12.3 Å². The van der Waals surface area contributed by atoms with Crippen LogP contribution in [0.2, 0.25) is 0 Å². The smallest absolute Gasteiger partial charge is 0.388 e. The molecule has 4 heteroatoms. The lowest BCUT2D eigenvalue weighted by Crippen LogP contribution is -2.14. The average molecular weight is 116 g/mol. The van der Waals surface area contributed by atoms with E-state index in [0.29, 0.717) is 0 Å². The van der Waals surface area contributed by atoms with E-state index in [2.05, 4.69) is 11.2 Å². The molecule has 0 unspecified atom stereocenters. The fourth-order valence-electron chi connectivity index (χ4n) is 0.130. The first-order chi connectivity index (χ1) is 3.66. The van der Waals surface area contributed by atoms with Crippen LogP contribution in [-0.2, 0) is 9.53 Å². The van der Waals surface area contributed by atoms with Crippen LogP contribution in [-0.4, -0.2) is 22.7 Å². The number of hydrogen-bond donors (Lipinski definition) is 2. The molecule has 0 heterocycles. The Kier molecular flexibility index (Phi) is 2.62. The standard InChI is InChI=1S/C4H4O4/c1-2-3(5)8-4(6)7/h1,4,6-7H. The molecule has 0 amide bonds. The van der Waals surface area contributed by atoms with Crippen LogP contribution in [0.15, 0.2) is 0 Å². The SMILES string of the molecule is C#CC(=O)OC(O)O. The summed E-state index contributed by atoms with van der Waals surface area (Å²) < 4.78 is 3.64. The highest BCUT2D eigenvalue weighted by Crippen LogP contribution is 1.78. The zero-order valence-electron chi connectivity index (χ0n) is 3.87. The van der Waals surface area contributed by atoms with E-state index in [1.165, 1.54) is 5.92 Å². The minimum absolute atomic E-state index is 1.10. The van der Waals surface area contributed by atoms with E-state index in [1.54, 1.807) is 0 Å². The summed E-state index contributed by atoms with van der Waals surface area (Å²) in [7, 11) is 0. The van der Waals surface area contributed by atoms with Crippen molar-refractivity contribution in [3.63, 3.8) is 0 Å². The summed E-state index contributed by atoms with van der Waals surface area (Å²) in [5, 5.41) is 15.7. The van der Waals surface area contributed by atoms with Crippen LogP contribution in [0.25, 0.3) is 0 Å². The zero-order valence-corrected chi connectivity index (χ0v) is 3.87. The maximum atomic E-state index is 9.84. The highest BCUT2D eigenvalue weighted by atomic mass is 16.7. The molecule has 0 radical (unpaired) electrons. The van der Waals surface area contributed by atoms with Gasteiger partial charge in [-0.05, 0) is 0 Å². The van der Waals surface area contributed by atoms with Crippen LogP contribution in [0.3, 0.4) is 0 Å². The number of carbonyl (C=O) groups excluding carboxylic acids is 1. The van der Waals surface area contributed by atoms with Gasteiger partial charge in [-0.3, -0.25) is 0 Å². The Morgan fingerprint density at radius 2 is 2.25 bits per heavy atom. The van der Waals surface area contributed by atoms with E-state index in [4.69, 9.17) is 10.2 Å². The predicted molar refractivity (Wildman–Crippen MR) is 23.2 cm³/mol. The summed E-state index contributed by atoms with van der Waals surface area (Å²) in [6.07, 6.45) is 4.47. The fourth-order valence-corrected chi connectivity index (χ4v) is 0.130. The largest absolute Gasteiger partial charge is 0.401 e. The number of esters is 1. The van der Waals surface area contributed by atoms with Crippen molar-refractivity contribution >= 4 is 5.97 Å². The predicted octanol–water partition coefficient (Wildman–Crippen LogP) is -1.57. The molecule has 4 nitrogen and oxygen atoms in total. The van der Waals surface area contributed by atoms with Crippen LogP contribution in [0.4, 0.5) is 0 Å². The molecule has 0 aromatic rings. The maximum absolute atomic E-state index is 9.84. The Bertz CT molecular complexity index is 120. The minimum Gasteiger partial charge on any atom is -0.401 e. The number of aliphatic hydroxyl groups is 2. The molecular formula is C4H4O4. The zero-order chi connectivity index (χ0) is 6.57. The van der Waals surface area contributed by atoms with Gasteiger partial charge in [0.05, 0.1) is 0 Å². The number of carbonyl (C=O) groups is 1. The molecule has 0 spiro atoms. The van der Waals surface area contributed by atoms with Crippen molar-refractivity contribution in [3.05, 3.63) is 0 Å². The van der Waals surface area contributed by atoms with E-state index < -0.39 is 12.4 Å². The first-order valence-corrected chi connectivity index (χ1v) is 1.70. The van der Waals surface area contributed by atoms with Crippen molar-refractivity contribution in [1.29, 1.82) is 0 Å². The quantitative estimate of drug-likeness (QED) is 0.188. The van der Waals surface area contributed by atoms with Gasteiger partial charge in [0.1, 0.15) is 0 Å². The van der Waals surface area contributed by atoms with Gasteiger partial charge in [0.2, 0.25) is 0 Å². The van der Waals surface area contributed by atoms with Crippen molar-refractivity contribution in [2.45, 2.75) is 6.48 Å². The van der Waals surface area contributed by atoms with E-state index >= 15 is 0 Å². The molecule has 0 rings (SSSR count). The summed E-state index contributed by atoms with van der Waals surface area (Å²) in [5.41, 5.74) is 0.